The lowest BCUT2D eigenvalue weighted by Crippen LogP contribution is -2.31. The monoisotopic (exact) mass is 795 g/mol. The molecular weight excluding hydrogens is 763 g/mol. The predicted octanol–water partition coefficient (Wildman–Crippen LogP) is 6.38. The number of halogens is 4. The summed E-state index contributed by atoms with van der Waals surface area (Å²) >= 11 is 7.98. The minimum absolute atomic E-state index is 0.00579. The van der Waals surface area contributed by atoms with Crippen LogP contribution in [0.15, 0.2) is 64.6 Å². The van der Waals surface area contributed by atoms with Crippen LogP contribution in [0.5, 0.6) is 0 Å². The van der Waals surface area contributed by atoms with Crippen molar-refractivity contribution in [3.63, 3.8) is 0 Å². The van der Waals surface area contributed by atoms with Gasteiger partial charge < -0.3 is 9.64 Å². The van der Waals surface area contributed by atoms with Gasteiger partial charge in [-0.1, -0.05) is 29.8 Å². The van der Waals surface area contributed by atoms with Gasteiger partial charge in [-0.05, 0) is 57.5 Å². The molecule has 0 saturated heterocycles. The van der Waals surface area contributed by atoms with E-state index in [9.17, 15) is 39.6 Å². The first-order valence-corrected chi connectivity index (χ1v) is 19.7. The normalized spacial score (nSPS) is 11.7. The predicted molar refractivity (Wildman–Crippen MR) is 185 cm³/mol. The van der Waals surface area contributed by atoms with Gasteiger partial charge in [-0.15, -0.1) is 22.7 Å². The van der Waals surface area contributed by atoms with E-state index in [0.29, 0.717) is 39.5 Å². The summed E-state index contributed by atoms with van der Waals surface area (Å²) in [6, 6.07) is 8.54. The number of anilines is 2. The van der Waals surface area contributed by atoms with Crippen LogP contribution in [0.3, 0.4) is 0 Å². The van der Waals surface area contributed by atoms with Crippen LogP contribution < -0.4 is 9.44 Å². The van der Waals surface area contributed by atoms with Crippen LogP contribution in [-0.4, -0.2) is 63.3 Å². The highest BCUT2D eigenvalue weighted by Crippen LogP contribution is 2.35. The maximum Gasteiger partial charge on any atom is 0.417 e. The van der Waals surface area contributed by atoms with E-state index < -0.39 is 42.7 Å². The summed E-state index contributed by atoms with van der Waals surface area (Å²) in [5.41, 5.74) is -0.795. The van der Waals surface area contributed by atoms with Crippen LogP contribution in [0.4, 0.5) is 23.4 Å². The molecule has 0 bridgehead atoms. The summed E-state index contributed by atoms with van der Waals surface area (Å²) in [5, 5.41) is 0.463. The van der Waals surface area contributed by atoms with Gasteiger partial charge in [0.15, 0.2) is 10.3 Å². The highest BCUT2D eigenvalue weighted by atomic mass is 35.5. The Balaban J connectivity index is 0.000000270. The van der Waals surface area contributed by atoms with Crippen LogP contribution >= 0.6 is 34.3 Å². The average molecular weight is 796 g/mol. The third-order valence-electron chi connectivity index (χ3n) is 6.61. The standard InChI is InChI=1S/C16H20ClN3O3S2.C14H13F3N2O4S2/c1-4-20(5-2)15(21)9-12-10-18-16(24-12)19-25(22,23)14-8-6-7-13(17)11(14)3;1-2-23-12(20)7-9-8-18-13(24-9)19-25(21,22)11-6-4-3-5-10(11)14(15,16)17/h6-8,10H,4-5,9H2,1-3H3,(H,18,19);3-6,8H,2,7H2,1H3,(H,18,19). The van der Waals surface area contributed by atoms with E-state index in [0.717, 1.165) is 34.8 Å². The van der Waals surface area contributed by atoms with Crippen molar-refractivity contribution >= 4 is 76.5 Å². The fraction of sp³-hybridized carbons (Fsp3) is 0.333. The number of nitrogens with one attached hydrogen (secondary N) is 2. The zero-order valence-corrected chi connectivity index (χ0v) is 31.1. The summed E-state index contributed by atoms with van der Waals surface area (Å²) in [4.78, 5) is 33.4. The Kier molecular flexibility index (Phi) is 14.2. The van der Waals surface area contributed by atoms with Crippen LogP contribution in [0.1, 0.15) is 41.7 Å². The molecule has 0 spiro atoms. The van der Waals surface area contributed by atoms with E-state index in [-0.39, 0.29) is 40.5 Å². The Morgan fingerprint density at radius 3 is 1.90 bits per heavy atom. The number of hydrogen-bond acceptors (Lipinski definition) is 11. The van der Waals surface area contributed by atoms with Gasteiger partial charge in [0.25, 0.3) is 20.0 Å². The largest absolute Gasteiger partial charge is 0.466 e. The van der Waals surface area contributed by atoms with Crippen molar-refractivity contribution in [3.05, 3.63) is 80.8 Å². The molecule has 0 aliphatic rings. The third kappa shape index (κ3) is 11.1. The SMILES string of the molecule is CCN(CC)C(=O)Cc1cnc(NS(=O)(=O)c2cccc(Cl)c2C)s1.CCOC(=O)Cc1cnc(NS(=O)(=O)c2ccccc2C(F)(F)F)s1. The average Bonchev–Trinajstić information content (AvgIpc) is 3.66. The lowest BCUT2D eigenvalue weighted by Gasteiger charge is -2.17. The highest BCUT2D eigenvalue weighted by molar-refractivity contribution is 7.93. The Morgan fingerprint density at radius 2 is 1.36 bits per heavy atom. The number of amides is 1. The topological polar surface area (TPSA) is 165 Å². The molecule has 1 amide bonds. The van der Waals surface area contributed by atoms with Crippen molar-refractivity contribution in [1.29, 1.82) is 0 Å². The number of thiazole rings is 2. The maximum absolute atomic E-state index is 13.0. The number of carbonyl (C=O) groups is 2. The Labute approximate surface area is 300 Å². The number of ether oxygens (including phenoxy) is 1. The molecule has 0 saturated carbocycles. The van der Waals surface area contributed by atoms with Gasteiger partial charge in [0.05, 0.1) is 34.8 Å². The summed E-state index contributed by atoms with van der Waals surface area (Å²) in [6.45, 7) is 8.60. The minimum atomic E-state index is -4.82. The van der Waals surface area contributed by atoms with Gasteiger partial charge in [-0.25, -0.2) is 26.8 Å². The van der Waals surface area contributed by atoms with Crippen molar-refractivity contribution in [1.82, 2.24) is 14.9 Å². The van der Waals surface area contributed by atoms with Gasteiger partial charge in [0.1, 0.15) is 0 Å². The zero-order valence-electron chi connectivity index (χ0n) is 27.1. The molecule has 2 aromatic carbocycles. The molecular formula is C30H33ClF3N5O7S4. The molecule has 0 aliphatic heterocycles. The molecule has 0 unspecified atom stereocenters. The molecule has 272 valence electrons. The molecule has 0 radical (unpaired) electrons. The van der Waals surface area contributed by atoms with Crippen LogP contribution in [0.2, 0.25) is 5.02 Å². The molecule has 2 aromatic heterocycles. The molecule has 2 N–H and O–H groups in total. The number of esters is 1. The first-order chi connectivity index (χ1) is 23.4. The Morgan fingerprint density at radius 1 is 0.840 bits per heavy atom. The van der Waals surface area contributed by atoms with Crippen molar-refractivity contribution in [2.75, 3.05) is 29.1 Å². The number of rotatable bonds is 13. The quantitative estimate of drug-likeness (QED) is 0.146. The number of carbonyl (C=O) groups excluding carboxylic acids is 2. The van der Waals surface area contributed by atoms with E-state index in [1.165, 1.54) is 24.5 Å². The van der Waals surface area contributed by atoms with Gasteiger partial charge >= 0.3 is 12.1 Å². The van der Waals surface area contributed by atoms with E-state index in [1.54, 1.807) is 30.9 Å². The third-order valence-corrected chi connectivity index (χ3v) is 12.0. The van der Waals surface area contributed by atoms with E-state index >= 15 is 0 Å². The van der Waals surface area contributed by atoms with E-state index in [4.69, 9.17) is 16.3 Å². The zero-order chi connectivity index (χ0) is 37.3. The van der Waals surface area contributed by atoms with Crippen molar-refractivity contribution < 1.29 is 44.3 Å². The number of hydrogen-bond donors (Lipinski definition) is 2. The molecule has 50 heavy (non-hydrogen) atoms. The van der Waals surface area contributed by atoms with Gasteiger partial charge in [-0.2, -0.15) is 13.2 Å². The summed E-state index contributed by atoms with van der Waals surface area (Å²) < 4.78 is 97.7. The van der Waals surface area contributed by atoms with Crippen LogP contribution in [-0.2, 0) is 53.4 Å². The number of sulfonamides is 2. The van der Waals surface area contributed by atoms with Crippen molar-refractivity contribution in [2.24, 2.45) is 0 Å². The second-order valence-corrected chi connectivity index (χ2v) is 16.0. The molecule has 4 rings (SSSR count). The van der Waals surface area contributed by atoms with Gasteiger partial charge in [0, 0.05) is 40.3 Å². The second kappa shape index (κ2) is 17.4. The Bertz CT molecular complexity index is 2020. The van der Waals surface area contributed by atoms with Crippen LogP contribution in [0, 0.1) is 6.92 Å². The van der Waals surface area contributed by atoms with Crippen molar-refractivity contribution in [2.45, 2.75) is 56.5 Å². The first kappa shape index (κ1) is 40.6. The fourth-order valence-corrected chi connectivity index (χ4v) is 9.03. The molecule has 20 heteroatoms. The summed E-state index contributed by atoms with van der Waals surface area (Å²) in [5.74, 6) is -0.517. The fourth-order valence-electron chi connectivity index (χ4n) is 4.22. The number of nitrogens with zero attached hydrogens (tertiary/aromatic N) is 3. The lowest BCUT2D eigenvalue weighted by atomic mass is 10.2. The molecule has 0 fully saturated rings. The van der Waals surface area contributed by atoms with E-state index in [2.05, 4.69) is 14.7 Å². The minimum Gasteiger partial charge on any atom is -0.466 e. The second-order valence-electron chi connectivity index (χ2n) is 10.1. The summed E-state index contributed by atoms with van der Waals surface area (Å²) in [7, 11) is -8.28. The van der Waals surface area contributed by atoms with Crippen LogP contribution in [0.25, 0.3) is 0 Å². The Hall–Kier alpha value is -3.78. The lowest BCUT2D eigenvalue weighted by molar-refractivity contribution is -0.142. The molecule has 4 aromatic rings. The molecule has 12 nitrogen and oxygen atoms in total. The molecule has 0 atom stereocenters. The van der Waals surface area contributed by atoms with E-state index in [1.807, 2.05) is 18.6 Å². The number of alkyl halides is 3. The molecule has 0 aliphatic carbocycles. The smallest absolute Gasteiger partial charge is 0.417 e. The number of benzene rings is 2. The number of aromatic nitrogens is 2. The number of likely N-dealkylation sites (N-methyl/N-ethyl adjacent to an activating group) is 1. The summed E-state index contributed by atoms with van der Waals surface area (Å²) in [6.07, 6.45) is -1.93. The highest BCUT2D eigenvalue weighted by Gasteiger charge is 2.37. The van der Waals surface area contributed by atoms with Gasteiger partial charge in [0.2, 0.25) is 5.91 Å². The first-order valence-electron chi connectivity index (χ1n) is 14.7. The molecule has 2 heterocycles. The van der Waals surface area contributed by atoms with Gasteiger partial charge in [-0.3, -0.25) is 19.0 Å². The maximum atomic E-state index is 13.0. The van der Waals surface area contributed by atoms with Crippen molar-refractivity contribution in [3.8, 4) is 0 Å².